The van der Waals surface area contributed by atoms with Crippen LogP contribution in [-0.2, 0) is 36.8 Å². The summed E-state index contributed by atoms with van der Waals surface area (Å²) in [6.45, 7) is 15.8. The van der Waals surface area contributed by atoms with Crippen molar-refractivity contribution in [2.45, 2.75) is 91.5 Å². The predicted molar refractivity (Wildman–Crippen MR) is 166 cm³/mol. The lowest BCUT2D eigenvalue weighted by Crippen LogP contribution is -2.59. The van der Waals surface area contributed by atoms with Crippen LogP contribution in [0, 0.1) is 29.1 Å². The summed E-state index contributed by atoms with van der Waals surface area (Å²) < 4.78 is 5.60. The number of benzene rings is 1. The lowest BCUT2D eigenvalue weighted by atomic mass is 9.93. The van der Waals surface area contributed by atoms with E-state index in [1.807, 2.05) is 52.0 Å². The van der Waals surface area contributed by atoms with Crippen LogP contribution in [0.1, 0.15) is 65.5 Å². The van der Waals surface area contributed by atoms with Gasteiger partial charge in [0, 0.05) is 13.1 Å². The first-order valence-electron chi connectivity index (χ1n) is 15.9. The topological polar surface area (TPSA) is 134 Å². The second-order valence-electron chi connectivity index (χ2n) is 13.5. The number of piperidine rings is 1. The zero-order valence-electron chi connectivity index (χ0n) is 26.9. The van der Waals surface area contributed by atoms with Crippen molar-refractivity contribution in [1.82, 2.24) is 20.9 Å². The van der Waals surface area contributed by atoms with Crippen LogP contribution in [0.15, 0.2) is 36.9 Å². The van der Waals surface area contributed by atoms with E-state index in [9.17, 15) is 24.0 Å². The number of carbonyl (C=O) groups excluding carboxylic acids is 5. The molecule has 1 saturated carbocycles. The number of carbonyl (C=O) groups is 5. The normalized spacial score (nSPS) is 23.5. The molecule has 10 nitrogen and oxygen atoms in total. The lowest BCUT2D eigenvalue weighted by Gasteiger charge is -2.35. The molecule has 1 aliphatic heterocycles. The summed E-state index contributed by atoms with van der Waals surface area (Å²) >= 11 is 0. The Morgan fingerprint density at radius 1 is 1.07 bits per heavy atom. The minimum Gasteiger partial charge on any atom is -0.446 e. The van der Waals surface area contributed by atoms with Crippen molar-refractivity contribution in [3.63, 3.8) is 0 Å². The molecule has 4 amide bonds. The average Bonchev–Trinajstić information content (AvgIpc) is 3.35. The number of hydrogen-bond acceptors (Lipinski definition) is 6. The molecule has 240 valence electrons. The predicted octanol–water partition coefficient (Wildman–Crippen LogP) is 3.18. The summed E-state index contributed by atoms with van der Waals surface area (Å²) in [5.74, 6) is -2.41. The van der Waals surface area contributed by atoms with Crippen LogP contribution in [0.2, 0.25) is 0 Å². The maximum Gasteiger partial charge on any atom is 0.408 e. The summed E-state index contributed by atoms with van der Waals surface area (Å²) in [5.41, 5.74) is 2.11. The van der Waals surface area contributed by atoms with Gasteiger partial charge in [-0.3, -0.25) is 19.2 Å². The molecule has 0 radical (unpaired) electrons. The molecule has 44 heavy (non-hydrogen) atoms. The van der Waals surface area contributed by atoms with Crippen molar-refractivity contribution in [2.24, 2.45) is 29.1 Å². The van der Waals surface area contributed by atoms with E-state index in [0.29, 0.717) is 25.8 Å². The zero-order valence-corrected chi connectivity index (χ0v) is 26.9. The van der Waals surface area contributed by atoms with Gasteiger partial charge < -0.3 is 25.6 Å². The molecule has 0 spiro atoms. The van der Waals surface area contributed by atoms with E-state index in [4.69, 9.17) is 4.74 Å². The number of ether oxygens (including phenoxy) is 1. The zero-order chi connectivity index (χ0) is 32.3. The summed E-state index contributed by atoms with van der Waals surface area (Å²) in [4.78, 5) is 68.5. The molecule has 4 rings (SSSR count). The molecule has 2 aliphatic carbocycles. The maximum atomic E-state index is 14.4. The fraction of sp³-hybridized carbons (Fsp3) is 0.618. The van der Waals surface area contributed by atoms with Crippen molar-refractivity contribution in [2.75, 3.05) is 13.1 Å². The highest BCUT2D eigenvalue weighted by Crippen LogP contribution is 2.65. The maximum absolute atomic E-state index is 14.4. The number of fused-ring (bicyclic) bond motifs is 2. The highest BCUT2D eigenvalue weighted by atomic mass is 16.6. The van der Waals surface area contributed by atoms with Crippen LogP contribution >= 0.6 is 0 Å². The molecule has 10 heteroatoms. The quantitative estimate of drug-likeness (QED) is 0.233. The van der Waals surface area contributed by atoms with Crippen molar-refractivity contribution in [1.29, 1.82) is 0 Å². The molecule has 1 aromatic rings. The van der Waals surface area contributed by atoms with E-state index >= 15 is 0 Å². The van der Waals surface area contributed by atoms with Gasteiger partial charge in [-0.2, -0.15) is 0 Å². The molecule has 3 N–H and O–H groups in total. The number of ketones is 1. The first-order chi connectivity index (χ1) is 20.8. The van der Waals surface area contributed by atoms with Gasteiger partial charge in [0.2, 0.25) is 17.6 Å². The van der Waals surface area contributed by atoms with E-state index in [1.54, 1.807) is 4.90 Å². The minimum absolute atomic E-state index is 0.101. The van der Waals surface area contributed by atoms with Gasteiger partial charge in [0.15, 0.2) is 0 Å². The number of likely N-dealkylation sites (tertiary alicyclic amines) is 1. The molecular formula is C34H48N4O6. The van der Waals surface area contributed by atoms with Crippen molar-refractivity contribution in [3.05, 3.63) is 48.0 Å². The SMILES string of the molecule is C=CCNC(=O)C(=O)C(CCC)NC(=O)[C@@H]1[C@@H]2[C@H](CN1C(=O)[C@@H](NC(=O)O[C@H](C)C(C)C)C1Cc3ccccc3C1)C2(C)C. The van der Waals surface area contributed by atoms with Crippen LogP contribution in [-0.4, -0.2) is 71.8 Å². The first-order valence-corrected chi connectivity index (χ1v) is 15.9. The number of amides is 4. The van der Waals surface area contributed by atoms with E-state index in [0.717, 1.165) is 11.1 Å². The van der Waals surface area contributed by atoms with Crippen LogP contribution in [0.5, 0.6) is 0 Å². The molecule has 0 bridgehead atoms. The molecular weight excluding hydrogens is 560 g/mol. The molecule has 1 saturated heterocycles. The third-order valence-electron chi connectivity index (χ3n) is 9.93. The summed E-state index contributed by atoms with van der Waals surface area (Å²) in [6.07, 6.45) is 2.55. The Labute approximate surface area is 260 Å². The Hall–Kier alpha value is -3.69. The van der Waals surface area contributed by atoms with E-state index in [2.05, 4.69) is 36.4 Å². The Bertz CT molecular complexity index is 1270. The van der Waals surface area contributed by atoms with Crippen molar-refractivity contribution in [3.8, 4) is 0 Å². The Morgan fingerprint density at radius 3 is 2.27 bits per heavy atom. The third-order valence-corrected chi connectivity index (χ3v) is 9.93. The second kappa shape index (κ2) is 13.5. The Morgan fingerprint density at radius 2 is 1.70 bits per heavy atom. The lowest BCUT2D eigenvalue weighted by molar-refractivity contribution is -0.144. The van der Waals surface area contributed by atoms with Gasteiger partial charge in [0.25, 0.3) is 5.91 Å². The first kappa shape index (κ1) is 33.2. The monoisotopic (exact) mass is 608 g/mol. The van der Waals surface area contributed by atoms with Gasteiger partial charge in [-0.25, -0.2) is 4.79 Å². The van der Waals surface area contributed by atoms with Crippen LogP contribution < -0.4 is 16.0 Å². The van der Waals surface area contributed by atoms with E-state index in [-0.39, 0.29) is 54.1 Å². The highest BCUT2D eigenvalue weighted by molar-refractivity contribution is 6.38. The minimum atomic E-state index is -1.01. The van der Waals surface area contributed by atoms with Crippen LogP contribution in [0.3, 0.4) is 0 Å². The fourth-order valence-corrected chi connectivity index (χ4v) is 6.89. The number of rotatable bonds is 13. The molecule has 0 aromatic heterocycles. The number of nitrogens with zero attached hydrogens (tertiary/aromatic N) is 1. The molecule has 1 unspecified atom stereocenters. The second-order valence-corrected chi connectivity index (χ2v) is 13.5. The third kappa shape index (κ3) is 6.84. The van der Waals surface area contributed by atoms with E-state index < -0.39 is 41.8 Å². The highest BCUT2D eigenvalue weighted by Gasteiger charge is 2.69. The molecule has 2 fully saturated rings. The van der Waals surface area contributed by atoms with Gasteiger partial charge in [0.05, 0.1) is 6.04 Å². The largest absolute Gasteiger partial charge is 0.446 e. The Balaban J connectivity index is 1.58. The number of Topliss-reactive ketones (excluding diaryl/α,β-unsaturated/α-hetero) is 1. The van der Waals surface area contributed by atoms with Gasteiger partial charge in [-0.15, -0.1) is 6.58 Å². The number of nitrogens with one attached hydrogen (secondary N) is 3. The average molecular weight is 609 g/mol. The van der Waals surface area contributed by atoms with Crippen molar-refractivity contribution >= 4 is 29.6 Å². The summed E-state index contributed by atoms with van der Waals surface area (Å²) in [5, 5.41) is 8.19. The smallest absolute Gasteiger partial charge is 0.408 e. The summed E-state index contributed by atoms with van der Waals surface area (Å²) in [7, 11) is 0. The molecule has 1 aromatic carbocycles. The fourth-order valence-electron chi connectivity index (χ4n) is 6.89. The standard InChI is InChI=1S/C34H48N4O6/c1-8-12-25(29(39)31(41)35-15-9-2)36-30(40)28-26-24(34(26,6)7)18-38(28)32(42)27(37-33(43)44-20(5)19(3)4)23-16-21-13-10-11-14-22(21)17-23/h9-11,13-14,19-20,23-28H,2,8,12,15-18H2,1,3-7H3,(H,35,41)(H,36,40)(H,37,43)/t20-,24+,25?,26+,27+,28+/m1/s1. The van der Waals surface area contributed by atoms with Gasteiger partial charge in [0.1, 0.15) is 18.2 Å². The van der Waals surface area contributed by atoms with Gasteiger partial charge in [-0.05, 0) is 66.4 Å². The van der Waals surface area contributed by atoms with Crippen LogP contribution in [0.4, 0.5) is 4.79 Å². The van der Waals surface area contributed by atoms with Crippen molar-refractivity contribution < 1.29 is 28.7 Å². The molecule has 1 heterocycles. The molecule has 3 aliphatic rings. The van der Waals surface area contributed by atoms with Gasteiger partial charge in [-0.1, -0.05) is 71.4 Å². The molecule has 6 atom stereocenters. The summed E-state index contributed by atoms with van der Waals surface area (Å²) in [6, 6.07) is 5.26. The van der Waals surface area contributed by atoms with E-state index in [1.165, 1.54) is 6.08 Å². The number of alkyl carbamates (subject to hydrolysis) is 1. The number of hydrogen-bond donors (Lipinski definition) is 3. The van der Waals surface area contributed by atoms with Crippen LogP contribution in [0.25, 0.3) is 0 Å². The Kier molecular flexibility index (Phi) is 10.2. The van der Waals surface area contributed by atoms with Gasteiger partial charge >= 0.3 is 6.09 Å².